The molecule has 0 amide bonds. The monoisotopic (exact) mass is 482 g/mol. The van der Waals surface area contributed by atoms with Crippen LogP contribution >= 0.6 is 39.9 Å². The lowest BCUT2D eigenvalue weighted by Crippen LogP contribution is -2.37. The summed E-state index contributed by atoms with van der Waals surface area (Å²) in [6.07, 6.45) is 1.50. The summed E-state index contributed by atoms with van der Waals surface area (Å²) < 4.78 is 15.8. The molecule has 0 atom stereocenters. The third kappa shape index (κ3) is 5.20. The smallest absolute Gasteiger partial charge is 0.191 e. The standard InChI is InChI=1S/C13H16BrFN6.HI/c1-16-13(18-7-12-19-8-20-21(12)2)17-6-9-5-10(15)3-4-11(9)14;/h3-5,8H,6-7H2,1-2H3,(H2,16,17,18);1H. The van der Waals surface area contributed by atoms with Gasteiger partial charge in [-0.25, -0.2) is 9.37 Å². The second kappa shape index (κ2) is 9.03. The fourth-order valence-corrected chi connectivity index (χ4v) is 2.11. The summed E-state index contributed by atoms with van der Waals surface area (Å²) in [5, 5.41) is 10.2. The first-order valence-electron chi connectivity index (χ1n) is 6.31. The molecule has 0 aliphatic carbocycles. The molecule has 0 radical (unpaired) electrons. The molecule has 2 aromatic rings. The molecule has 0 aliphatic rings. The van der Waals surface area contributed by atoms with Crippen molar-refractivity contribution in [2.24, 2.45) is 12.0 Å². The Labute approximate surface area is 153 Å². The lowest BCUT2D eigenvalue weighted by Gasteiger charge is -2.12. The molecule has 120 valence electrons. The van der Waals surface area contributed by atoms with E-state index >= 15 is 0 Å². The summed E-state index contributed by atoms with van der Waals surface area (Å²) in [5.74, 6) is 1.14. The largest absolute Gasteiger partial charge is 0.352 e. The number of hydrogen-bond donors (Lipinski definition) is 2. The van der Waals surface area contributed by atoms with Crippen LogP contribution in [0.2, 0.25) is 0 Å². The Morgan fingerprint density at radius 3 is 2.73 bits per heavy atom. The summed E-state index contributed by atoms with van der Waals surface area (Å²) in [6.45, 7) is 0.956. The quantitative estimate of drug-likeness (QED) is 0.398. The van der Waals surface area contributed by atoms with Crippen molar-refractivity contribution in [3.63, 3.8) is 0 Å². The number of rotatable bonds is 4. The zero-order chi connectivity index (χ0) is 15.2. The highest BCUT2D eigenvalue weighted by Gasteiger charge is 2.05. The zero-order valence-corrected chi connectivity index (χ0v) is 16.1. The van der Waals surface area contributed by atoms with E-state index in [0.717, 1.165) is 15.9 Å². The SMILES string of the molecule is CN=C(NCc1cc(F)ccc1Br)NCc1ncnn1C.I. The second-order valence-electron chi connectivity index (χ2n) is 4.31. The Balaban J connectivity index is 0.00000242. The normalized spacial score (nSPS) is 11.0. The minimum absolute atomic E-state index is 0. The van der Waals surface area contributed by atoms with Gasteiger partial charge in [-0.1, -0.05) is 15.9 Å². The number of aryl methyl sites for hydroxylation is 1. The van der Waals surface area contributed by atoms with E-state index in [0.29, 0.717) is 19.0 Å². The summed E-state index contributed by atoms with van der Waals surface area (Å²) in [7, 11) is 3.50. The molecule has 0 bridgehead atoms. The van der Waals surface area contributed by atoms with Crippen LogP contribution in [0.5, 0.6) is 0 Å². The Bertz CT molecular complexity index is 645. The summed E-state index contributed by atoms with van der Waals surface area (Å²) in [5.41, 5.74) is 0.816. The van der Waals surface area contributed by atoms with E-state index in [9.17, 15) is 4.39 Å². The number of nitrogens with one attached hydrogen (secondary N) is 2. The van der Waals surface area contributed by atoms with Crippen LogP contribution in [-0.2, 0) is 20.1 Å². The number of aromatic nitrogens is 3. The maximum Gasteiger partial charge on any atom is 0.191 e. The molecule has 6 nitrogen and oxygen atoms in total. The van der Waals surface area contributed by atoms with E-state index in [2.05, 4.69) is 41.6 Å². The van der Waals surface area contributed by atoms with Gasteiger partial charge in [-0.2, -0.15) is 5.10 Å². The predicted molar refractivity (Wildman–Crippen MR) is 97.6 cm³/mol. The average Bonchev–Trinajstić information content (AvgIpc) is 2.88. The Kier molecular flexibility index (Phi) is 7.73. The van der Waals surface area contributed by atoms with Crippen LogP contribution < -0.4 is 10.6 Å². The number of guanidine groups is 1. The van der Waals surface area contributed by atoms with Gasteiger partial charge in [-0.15, -0.1) is 24.0 Å². The summed E-state index contributed by atoms with van der Waals surface area (Å²) in [4.78, 5) is 8.23. The molecule has 2 N–H and O–H groups in total. The van der Waals surface area contributed by atoms with Gasteiger partial charge in [0, 0.05) is 25.1 Å². The van der Waals surface area contributed by atoms with Gasteiger partial charge in [-0.05, 0) is 23.8 Å². The van der Waals surface area contributed by atoms with E-state index in [1.54, 1.807) is 17.8 Å². The van der Waals surface area contributed by atoms with Crippen LogP contribution in [0.4, 0.5) is 4.39 Å². The third-order valence-corrected chi connectivity index (χ3v) is 3.67. The minimum Gasteiger partial charge on any atom is -0.352 e. The molecule has 1 aromatic heterocycles. The number of hydrogen-bond acceptors (Lipinski definition) is 3. The van der Waals surface area contributed by atoms with E-state index in [1.807, 2.05) is 7.05 Å². The van der Waals surface area contributed by atoms with Gasteiger partial charge in [0.25, 0.3) is 0 Å². The van der Waals surface area contributed by atoms with Crippen molar-refractivity contribution < 1.29 is 4.39 Å². The van der Waals surface area contributed by atoms with Crippen molar-refractivity contribution in [2.45, 2.75) is 13.1 Å². The molecule has 2 rings (SSSR count). The van der Waals surface area contributed by atoms with Gasteiger partial charge in [-0.3, -0.25) is 9.67 Å². The maximum absolute atomic E-state index is 13.2. The van der Waals surface area contributed by atoms with Crippen LogP contribution in [-0.4, -0.2) is 27.8 Å². The van der Waals surface area contributed by atoms with Gasteiger partial charge in [0.2, 0.25) is 0 Å². The average molecular weight is 483 g/mol. The van der Waals surface area contributed by atoms with Crippen molar-refractivity contribution >= 4 is 45.9 Å². The molecule has 0 saturated carbocycles. The third-order valence-electron chi connectivity index (χ3n) is 2.90. The van der Waals surface area contributed by atoms with Crippen LogP contribution in [0.25, 0.3) is 0 Å². The number of halogens is 3. The van der Waals surface area contributed by atoms with Gasteiger partial charge in [0.05, 0.1) is 6.54 Å². The Hall–Kier alpha value is -1.23. The highest BCUT2D eigenvalue weighted by Crippen LogP contribution is 2.17. The van der Waals surface area contributed by atoms with Gasteiger partial charge >= 0.3 is 0 Å². The topological polar surface area (TPSA) is 67.1 Å². The first kappa shape index (κ1) is 18.8. The van der Waals surface area contributed by atoms with Crippen molar-refractivity contribution in [1.29, 1.82) is 0 Å². The molecule has 22 heavy (non-hydrogen) atoms. The van der Waals surface area contributed by atoms with Crippen molar-refractivity contribution in [2.75, 3.05) is 7.05 Å². The number of aliphatic imine (C=N–C) groups is 1. The number of nitrogens with zero attached hydrogens (tertiary/aromatic N) is 4. The molecular formula is C13H17BrFIN6. The highest BCUT2D eigenvalue weighted by atomic mass is 127. The fraction of sp³-hybridized carbons (Fsp3) is 0.308. The fourth-order valence-electron chi connectivity index (χ4n) is 1.72. The molecule has 0 unspecified atom stereocenters. The van der Waals surface area contributed by atoms with Crippen LogP contribution in [0, 0.1) is 5.82 Å². The molecule has 9 heteroatoms. The zero-order valence-electron chi connectivity index (χ0n) is 12.2. The van der Waals surface area contributed by atoms with Crippen molar-refractivity contribution in [3.05, 3.63) is 46.2 Å². The second-order valence-corrected chi connectivity index (χ2v) is 5.17. The first-order valence-corrected chi connectivity index (χ1v) is 7.10. The first-order chi connectivity index (χ1) is 10.1. The molecule has 0 saturated heterocycles. The maximum atomic E-state index is 13.2. The summed E-state index contributed by atoms with van der Waals surface area (Å²) >= 11 is 3.39. The molecule has 0 aliphatic heterocycles. The van der Waals surface area contributed by atoms with Gasteiger partial charge in [0.1, 0.15) is 18.0 Å². The van der Waals surface area contributed by atoms with Crippen LogP contribution in [0.15, 0.2) is 34.0 Å². The summed E-state index contributed by atoms with van der Waals surface area (Å²) in [6, 6.07) is 4.57. The van der Waals surface area contributed by atoms with Crippen LogP contribution in [0.1, 0.15) is 11.4 Å². The van der Waals surface area contributed by atoms with E-state index in [1.165, 1.54) is 18.5 Å². The molecular weight excluding hydrogens is 466 g/mol. The van der Waals surface area contributed by atoms with Gasteiger partial charge < -0.3 is 10.6 Å². The lowest BCUT2D eigenvalue weighted by molar-refractivity contribution is 0.623. The molecule has 0 fully saturated rings. The molecule has 0 spiro atoms. The van der Waals surface area contributed by atoms with E-state index in [-0.39, 0.29) is 29.8 Å². The lowest BCUT2D eigenvalue weighted by atomic mass is 10.2. The van der Waals surface area contributed by atoms with Crippen molar-refractivity contribution in [3.8, 4) is 0 Å². The van der Waals surface area contributed by atoms with Crippen LogP contribution in [0.3, 0.4) is 0 Å². The Morgan fingerprint density at radius 2 is 2.09 bits per heavy atom. The van der Waals surface area contributed by atoms with Gasteiger partial charge in [0.15, 0.2) is 5.96 Å². The van der Waals surface area contributed by atoms with E-state index in [4.69, 9.17) is 0 Å². The molecule has 1 aromatic carbocycles. The van der Waals surface area contributed by atoms with Crippen molar-refractivity contribution in [1.82, 2.24) is 25.4 Å². The Morgan fingerprint density at radius 1 is 1.36 bits per heavy atom. The van der Waals surface area contributed by atoms with E-state index < -0.39 is 0 Å². The molecule has 1 heterocycles. The minimum atomic E-state index is -0.267. The number of benzene rings is 1. The predicted octanol–water partition coefficient (Wildman–Crippen LogP) is 2.20. The highest BCUT2D eigenvalue weighted by molar-refractivity contribution is 14.0.